The van der Waals surface area contributed by atoms with Gasteiger partial charge in [-0.15, -0.1) is 0 Å². The van der Waals surface area contributed by atoms with Crippen LogP contribution in [0, 0.1) is 17.6 Å². The van der Waals surface area contributed by atoms with E-state index in [1.165, 1.54) is 12.1 Å². The Morgan fingerprint density at radius 2 is 1.85 bits per heavy atom. The summed E-state index contributed by atoms with van der Waals surface area (Å²) in [6, 6.07) is 5.11. The van der Waals surface area contributed by atoms with Gasteiger partial charge >= 0.3 is 0 Å². The molecule has 2 amide bonds. The molecule has 3 N–H and O–H groups in total. The third kappa shape index (κ3) is 3.82. The van der Waals surface area contributed by atoms with E-state index in [0.717, 1.165) is 18.6 Å². The Hall–Kier alpha value is -3.05. The second-order valence-electron chi connectivity index (χ2n) is 8.89. The molecule has 180 valence electrons. The van der Waals surface area contributed by atoms with E-state index in [9.17, 15) is 26.8 Å². The fourth-order valence-electron chi connectivity index (χ4n) is 4.79. The number of amides is 2. The van der Waals surface area contributed by atoms with Crippen LogP contribution < -0.4 is 15.4 Å². The first-order valence-electron chi connectivity index (χ1n) is 11.1. The summed E-state index contributed by atoms with van der Waals surface area (Å²) in [5.41, 5.74) is 0.582. The maximum absolute atomic E-state index is 14.2. The number of halogens is 2. The lowest BCUT2D eigenvalue weighted by atomic mass is 9.65. The molecule has 5 rings (SSSR count). The fourth-order valence-corrected chi connectivity index (χ4v) is 5.89. The molecule has 2 aromatic rings. The summed E-state index contributed by atoms with van der Waals surface area (Å²) in [4.78, 5) is 25.0. The Morgan fingerprint density at radius 1 is 1.12 bits per heavy atom. The largest absolute Gasteiger partial charge is 0.381 e. The van der Waals surface area contributed by atoms with E-state index in [2.05, 4.69) is 15.4 Å². The SMILES string of the molecule is O=C(Nc1cc(NS(=O)(=O)c2ccc(F)cc2F)cc2c1NC(=O)C21CCC1)C1CCOCC1. The van der Waals surface area contributed by atoms with Crippen molar-refractivity contribution in [1.29, 1.82) is 0 Å². The number of ether oxygens (including phenoxy) is 1. The van der Waals surface area contributed by atoms with Gasteiger partial charge in [-0.3, -0.25) is 14.3 Å². The Kier molecular flexibility index (Phi) is 5.56. The Bertz CT molecular complexity index is 1290. The summed E-state index contributed by atoms with van der Waals surface area (Å²) in [5.74, 6) is -2.84. The molecule has 11 heteroatoms. The minimum atomic E-state index is -4.41. The molecule has 34 heavy (non-hydrogen) atoms. The normalized spacial score (nSPS) is 19.3. The smallest absolute Gasteiger partial charge is 0.264 e. The molecule has 0 radical (unpaired) electrons. The number of hydrogen-bond donors (Lipinski definition) is 3. The van der Waals surface area contributed by atoms with Gasteiger partial charge in [-0.25, -0.2) is 17.2 Å². The minimum absolute atomic E-state index is 0.0625. The van der Waals surface area contributed by atoms with Gasteiger partial charge in [-0.1, -0.05) is 6.42 Å². The molecule has 1 saturated heterocycles. The number of hydrogen-bond acceptors (Lipinski definition) is 5. The molecule has 1 saturated carbocycles. The average Bonchev–Trinajstić information content (AvgIpc) is 3.06. The highest BCUT2D eigenvalue weighted by molar-refractivity contribution is 7.92. The summed E-state index contributed by atoms with van der Waals surface area (Å²) in [7, 11) is -4.41. The van der Waals surface area contributed by atoms with Gasteiger partial charge in [0.1, 0.15) is 16.5 Å². The van der Waals surface area contributed by atoms with Gasteiger partial charge < -0.3 is 15.4 Å². The molecule has 0 aromatic heterocycles. The molecule has 0 unspecified atom stereocenters. The van der Waals surface area contributed by atoms with E-state index >= 15 is 0 Å². The van der Waals surface area contributed by atoms with Crippen molar-refractivity contribution < 1.29 is 31.5 Å². The predicted octanol–water partition coefficient (Wildman–Crippen LogP) is 3.50. The third-order valence-electron chi connectivity index (χ3n) is 6.82. The molecular formula is C23H23F2N3O5S. The third-order valence-corrected chi connectivity index (χ3v) is 8.23. The molecule has 1 aliphatic carbocycles. The topological polar surface area (TPSA) is 114 Å². The lowest BCUT2D eigenvalue weighted by Crippen LogP contribution is -2.40. The van der Waals surface area contributed by atoms with Gasteiger partial charge in [0.2, 0.25) is 11.8 Å². The predicted molar refractivity (Wildman–Crippen MR) is 120 cm³/mol. The van der Waals surface area contributed by atoms with Crippen molar-refractivity contribution >= 4 is 38.9 Å². The van der Waals surface area contributed by atoms with Gasteiger partial charge in [0.15, 0.2) is 0 Å². The van der Waals surface area contributed by atoms with E-state index in [1.807, 2.05) is 0 Å². The van der Waals surface area contributed by atoms with Crippen molar-refractivity contribution in [2.24, 2.45) is 5.92 Å². The van der Waals surface area contributed by atoms with Crippen LogP contribution in [-0.2, 0) is 29.8 Å². The fraction of sp³-hybridized carbons (Fsp3) is 0.391. The molecule has 1 spiro atoms. The molecular weight excluding hydrogens is 468 g/mol. The molecule has 0 atom stereocenters. The molecule has 2 aliphatic heterocycles. The van der Waals surface area contributed by atoms with Crippen LogP contribution in [0.15, 0.2) is 35.2 Å². The van der Waals surface area contributed by atoms with Crippen molar-refractivity contribution in [3.05, 3.63) is 47.5 Å². The number of benzene rings is 2. The first kappa shape index (κ1) is 22.7. The van der Waals surface area contributed by atoms with Crippen LogP contribution in [0.25, 0.3) is 0 Å². The second-order valence-corrected chi connectivity index (χ2v) is 10.5. The summed E-state index contributed by atoms with van der Waals surface area (Å²) >= 11 is 0. The monoisotopic (exact) mass is 491 g/mol. The number of anilines is 3. The van der Waals surface area contributed by atoms with Crippen molar-refractivity contribution in [2.75, 3.05) is 28.6 Å². The quantitative estimate of drug-likeness (QED) is 0.593. The standard InChI is InChI=1S/C23H23F2N3O5S/c24-14-2-3-19(17(25)10-14)34(31,32)28-15-11-16-20(27-22(30)23(16)6-1-7-23)18(12-15)26-21(29)13-4-8-33-9-5-13/h2-3,10-13,28H,1,4-9H2,(H,26,29)(H,27,30). The van der Waals surface area contributed by atoms with E-state index in [-0.39, 0.29) is 29.1 Å². The zero-order chi connectivity index (χ0) is 24.1. The van der Waals surface area contributed by atoms with Gasteiger partial charge in [0, 0.05) is 25.2 Å². The average molecular weight is 492 g/mol. The molecule has 3 aliphatic rings. The van der Waals surface area contributed by atoms with E-state index in [1.54, 1.807) is 0 Å². The first-order valence-corrected chi connectivity index (χ1v) is 12.5. The van der Waals surface area contributed by atoms with Crippen molar-refractivity contribution in [3.8, 4) is 0 Å². The summed E-state index contributed by atoms with van der Waals surface area (Å²) in [5, 5.41) is 5.68. The van der Waals surface area contributed by atoms with Crippen molar-refractivity contribution in [2.45, 2.75) is 42.4 Å². The number of carbonyl (C=O) groups excluding carboxylic acids is 2. The van der Waals surface area contributed by atoms with E-state index < -0.39 is 32.0 Å². The molecule has 2 fully saturated rings. The highest BCUT2D eigenvalue weighted by Crippen LogP contribution is 2.54. The lowest BCUT2D eigenvalue weighted by molar-refractivity contribution is -0.124. The number of fused-ring (bicyclic) bond motifs is 2. The van der Waals surface area contributed by atoms with Crippen LogP contribution in [0.5, 0.6) is 0 Å². The van der Waals surface area contributed by atoms with Gasteiger partial charge in [-0.2, -0.15) is 0 Å². The van der Waals surface area contributed by atoms with Crippen molar-refractivity contribution in [3.63, 3.8) is 0 Å². The second kappa shape index (κ2) is 8.31. The maximum atomic E-state index is 14.2. The van der Waals surface area contributed by atoms with Gasteiger partial charge in [0.05, 0.1) is 22.5 Å². The van der Waals surface area contributed by atoms with Gasteiger partial charge in [-0.05, 0) is 55.5 Å². The molecule has 2 heterocycles. The number of carbonyl (C=O) groups is 2. The highest BCUT2D eigenvalue weighted by Gasteiger charge is 2.52. The van der Waals surface area contributed by atoms with Crippen LogP contribution in [0.4, 0.5) is 25.8 Å². The van der Waals surface area contributed by atoms with Crippen LogP contribution >= 0.6 is 0 Å². The lowest BCUT2D eigenvalue weighted by Gasteiger charge is -2.36. The molecule has 0 bridgehead atoms. The van der Waals surface area contributed by atoms with E-state index in [0.29, 0.717) is 56.2 Å². The van der Waals surface area contributed by atoms with Crippen LogP contribution in [0.2, 0.25) is 0 Å². The summed E-state index contributed by atoms with van der Waals surface area (Å²) in [6.45, 7) is 0.943. The van der Waals surface area contributed by atoms with Crippen LogP contribution in [0.1, 0.15) is 37.7 Å². The molecule has 2 aromatic carbocycles. The number of rotatable bonds is 5. The zero-order valence-corrected chi connectivity index (χ0v) is 18.9. The molecule has 8 nitrogen and oxygen atoms in total. The van der Waals surface area contributed by atoms with E-state index in [4.69, 9.17) is 4.74 Å². The Labute approximate surface area is 195 Å². The summed E-state index contributed by atoms with van der Waals surface area (Å²) < 4.78 is 60.8. The number of nitrogens with one attached hydrogen (secondary N) is 3. The Balaban J connectivity index is 1.52. The first-order chi connectivity index (χ1) is 16.2. The zero-order valence-electron chi connectivity index (χ0n) is 18.1. The van der Waals surface area contributed by atoms with Crippen LogP contribution in [0.3, 0.4) is 0 Å². The maximum Gasteiger partial charge on any atom is 0.264 e. The number of sulfonamides is 1. The van der Waals surface area contributed by atoms with Crippen molar-refractivity contribution in [1.82, 2.24) is 0 Å². The Morgan fingerprint density at radius 3 is 2.50 bits per heavy atom. The van der Waals surface area contributed by atoms with Gasteiger partial charge in [0.25, 0.3) is 10.0 Å². The summed E-state index contributed by atoms with van der Waals surface area (Å²) in [6.07, 6.45) is 3.15. The highest BCUT2D eigenvalue weighted by atomic mass is 32.2. The minimum Gasteiger partial charge on any atom is -0.381 e. The van der Waals surface area contributed by atoms with Crippen LogP contribution in [-0.4, -0.2) is 33.4 Å².